The average Bonchev–Trinajstić information content (AvgIpc) is 3.33. The van der Waals surface area contributed by atoms with Gasteiger partial charge < -0.3 is 5.32 Å². The molecule has 0 aliphatic carbocycles. The van der Waals surface area contributed by atoms with Gasteiger partial charge in [-0.25, -0.2) is 4.98 Å². The van der Waals surface area contributed by atoms with Crippen LogP contribution in [0.5, 0.6) is 0 Å². The van der Waals surface area contributed by atoms with Crippen LogP contribution in [0.25, 0.3) is 20.7 Å². The van der Waals surface area contributed by atoms with Crippen LogP contribution in [0.3, 0.4) is 0 Å². The molecule has 4 aromatic rings. The van der Waals surface area contributed by atoms with Crippen molar-refractivity contribution < 1.29 is 4.79 Å². The fourth-order valence-corrected chi connectivity index (χ4v) is 5.01. The average molecular weight is 410 g/mol. The van der Waals surface area contributed by atoms with E-state index >= 15 is 0 Å². The number of carbonyl (C=O) groups excluding carboxylic acids is 1. The molecular formula is C21H19N3O2S2. The molecule has 0 spiro atoms. The highest BCUT2D eigenvalue weighted by Crippen LogP contribution is 2.33. The highest BCUT2D eigenvalue weighted by Gasteiger charge is 2.16. The van der Waals surface area contributed by atoms with E-state index in [0.717, 1.165) is 21.6 Å². The maximum Gasteiger partial charge on any atom is 0.263 e. The summed E-state index contributed by atoms with van der Waals surface area (Å²) in [6.45, 7) is 3.90. The van der Waals surface area contributed by atoms with Crippen LogP contribution in [0.4, 0.5) is 0 Å². The van der Waals surface area contributed by atoms with E-state index in [0.29, 0.717) is 10.2 Å². The van der Waals surface area contributed by atoms with Gasteiger partial charge in [-0.2, -0.15) is 0 Å². The summed E-state index contributed by atoms with van der Waals surface area (Å²) < 4.78 is 1.38. The summed E-state index contributed by atoms with van der Waals surface area (Å²) in [7, 11) is 0. The number of hydrogen-bond donors (Lipinski definition) is 1. The third-order valence-electron chi connectivity index (χ3n) is 4.69. The molecule has 1 aromatic carbocycles. The second-order valence-electron chi connectivity index (χ2n) is 6.63. The molecule has 0 aliphatic heterocycles. The quantitative estimate of drug-likeness (QED) is 0.532. The third-order valence-corrected chi connectivity index (χ3v) is 6.48. The lowest BCUT2D eigenvalue weighted by Crippen LogP contribution is -2.34. The topological polar surface area (TPSA) is 64.0 Å². The van der Waals surface area contributed by atoms with Crippen LogP contribution in [0.2, 0.25) is 0 Å². The zero-order valence-electron chi connectivity index (χ0n) is 15.5. The van der Waals surface area contributed by atoms with Crippen molar-refractivity contribution in [3.63, 3.8) is 0 Å². The molecule has 0 aliphatic rings. The van der Waals surface area contributed by atoms with E-state index in [1.807, 2.05) is 61.0 Å². The summed E-state index contributed by atoms with van der Waals surface area (Å²) in [6, 6.07) is 11.7. The van der Waals surface area contributed by atoms with Crippen LogP contribution in [-0.4, -0.2) is 15.5 Å². The lowest BCUT2D eigenvalue weighted by molar-refractivity contribution is -0.122. The first-order chi connectivity index (χ1) is 13.5. The van der Waals surface area contributed by atoms with Crippen LogP contribution in [0, 0.1) is 6.92 Å². The van der Waals surface area contributed by atoms with Crippen molar-refractivity contribution in [2.75, 3.05) is 0 Å². The van der Waals surface area contributed by atoms with Gasteiger partial charge in [0.2, 0.25) is 5.91 Å². The van der Waals surface area contributed by atoms with Gasteiger partial charge in [-0.3, -0.25) is 14.2 Å². The molecule has 0 radical (unpaired) electrons. The molecule has 28 heavy (non-hydrogen) atoms. The standard InChI is InChI=1S/C21H19N3O2S2/c1-13-6-3-4-7-15(13)14(2)23-18(25)10-24-12-22-20-19(21(24)26)16(11-28-20)17-8-5-9-27-17/h3-9,11-12,14H,10H2,1-2H3,(H,23,25). The fourth-order valence-electron chi connectivity index (χ4n) is 3.29. The van der Waals surface area contributed by atoms with E-state index < -0.39 is 0 Å². The van der Waals surface area contributed by atoms with Gasteiger partial charge in [0.1, 0.15) is 11.4 Å². The summed E-state index contributed by atoms with van der Waals surface area (Å²) in [6.07, 6.45) is 1.46. The van der Waals surface area contributed by atoms with Crippen molar-refractivity contribution in [2.45, 2.75) is 26.4 Å². The largest absolute Gasteiger partial charge is 0.348 e. The Morgan fingerprint density at radius 1 is 1.21 bits per heavy atom. The first kappa shape index (κ1) is 18.6. The van der Waals surface area contributed by atoms with Gasteiger partial charge in [-0.1, -0.05) is 30.3 Å². The first-order valence-electron chi connectivity index (χ1n) is 8.90. The van der Waals surface area contributed by atoms with Gasteiger partial charge in [-0.15, -0.1) is 22.7 Å². The van der Waals surface area contributed by atoms with Crippen LogP contribution in [0.15, 0.2) is 58.3 Å². The fraction of sp³-hybridized carbons (Fsp3) is 0.190. The third kappa shape index (κ3) is 3.50. The zero-order chi connectivity index (χ0) is 19.7. The Morgan fingerprint density at radius 2 is 2.04 bits per heavy atom. The molecule has 0 saturated carbocycles. The number of carbonyl (C=O) groups is 1. The zero-order valence-corrected chi connectivity index (χ0v) is 17.1. The minimum atomic E-state index is -0.216. The Kier molecular flexibility index (Phi) is 5.11. The number of fused-ring (bicyclic) bond motifs is 1. The molecule has 0 saturated heterocycles. The summed E-state index contributed by atoms with van der Waals surface area (Å²) in [5.74, 6) is -0.216. The highest BCUT2D eigenvalue weighted by molar-refractivity contribution is 7.18. The molecule has 142 valence electrons. The minimum Gasteiger partial charge on any atom is -0.348 e. The Hall–Kier alpha value is -2.77. The van der Waals surface area contributed by atoms with E-state index in [9.17, 15) is 9.59 Å². The molecule has 3 heterocycles. The molecule has 1 atom stereocenters. The Bertz CT molecular complexity index is 1190. The molecular weight excluding hydrogens is 390 g/mol. The molecule has 1 amide bonds. The van der Waals surface area contributed by atoms with Gasteiger partial charge in [0, 0.05) is 15.8 Å². The van der Waals surface area contributed by atoms with Crippen LogP contribution in [-0.2, 0) is 11.3 Å². The monoisotopic (exact) mass is 409 g/mol. The normalized spacial score (nSPS) is 12.2. The SMILES string of the molecule is Cc1ccccc1C(C)NC(=O)Cn1cnc2scc(-c3cccs3)c2c1=O. The van der Waals surface area contributed by atoms with Crippen LogP contribution in [0.1, 0.15) is 24.1 Å². The van der Waals surface area contributed by atoms with Gasteiger partial charge in [-0.05, 0) is 36.4 Å². The number of rotatable bonds is 5. The van der Waals surface area contributed by atoms with Crippen molar-refractivity contribution in [1.82, 2.24) is 14.9 Å². The van der Waals surface area contributed by atoms with Crippen molar-refractivity contribution in [2.24, 2.45) is 0 Å². The summed E-state index contributed by atoms with van der Waals surface area (Å²) in [5, 5.41) is 7.49. The second kappa shape index (κ2) is 7.69. The molecule has 0 fully saturated rings. The molecule has 1 N–H and O–H groups in total. The van der Waals surface area contributed by atoms with Crippen LogP contribution < -0.4 is 10.9 Å². The molecule has 1 unspecified atom stereocenters. The van der Waals surface area contributed by atoms with Crippen molar-refractivity contribution in [1.29, 1.82) is 0 Å². The van der Waals surface area contributed by atoms with Crippen molar-refractivity contribution >= 4 is 38.8 Å². The number of nitrogens with zero attached hydrogens (tertiary/aromatic N) is 2. The second-order valence-corrected chi connectivity index (χ2v) is 8.44. The first-order valence-corrected chi connectivity index (χ1v) is 10.7. The minimum absolute atomic E-state index is 0.0578. The number of amides is 1. The van der Waals surface area contributed by atoms with Crippen LogP contribution >= 0.6 is 22.7 Å². The number of nitrogens with one attached hydrogen (secondary N) is 1. The number of benzene rings is 1. The lowest BCUT2D eigenvalue weighted by Gasteiger charge is -2.17. The number of thiophene rings is 2. The highest BCUT2D eigenvalue weighted by atomic mass is 32.1. The van der Waals surface area contributed by atoms with Gasteiger partial charge in [0.05, 0.1) is 17.8 Å². The van der Waals surface area contributed by atoms with E-state index in [-0.39, 0.29) is 24.1 Å². The molecule has 5 nitrogen and oxygen atoms in total. The number of aryl methyl sites for hydroxylation is 1. The number of aromatic nitrogens is 2. The van der Waals surface area contributed by atoms with Crippen molar-refractivity contribution in [3.05, 3.63) is 75.0 Å². The van der Waals surface area contributed by atoms with Gasteiger partial charge in [0.25, 0.3) is 5.56 Å². The lowest BCUT2D eigenvalue weighted by atomic mass is 10.0. The van der Waals surface area contributed by atoms with E-state index in [4.69, 9.17) is 0 Å². The van der Waals surface area contributed by atoms with E-state index in [1.165, 1.54) is 22.2 Å². The molecule has 4 rings (SSSR count). The number of hydrogen-bond acceptors (Lipinski definition) is 5. The van der Waals surface area contributed by atoms with E-state index in [2.05, 4.69) is 10.3 Å². The Labute approximate surface area is 170 Å². The predicted octanol–water partition coefficient (Wildman–Crippen LogP) is 4.37. The smallest absolute Gasteiger partial charge is 0.263 e. The van der Waals surface area contributed by atoms with Gasteiger partial charge >= 0.3 is 0 Å². The summed E-state index contributed by atoms with van der Waals surface area (Å²) >= 11 is 3.03. The summed E-state index contributed by atoms with van der Waals surface area (Å²) in [4.78, 5) is 31.7. The van der Waals surface area contributed by atoms with Gasteiger partial charge in [0.15, 0.2) is 0 Å². The Balaban J connectivity index is 1.59. The van der Waals surface area contributed by atoms with E-state index in [1.54, 1.807) is 11.3 Å². The molecule has 0 bridgehead atoms. The maximum absolute atomic E-state index is 13.0. The molecule has 7 heteroatoms. The maximum atomic E-state index is 13.0. The summed E-state index contributed by atoms with van der Waals surface area (Å²) in [5.41, 5.74) is 2.88. The molecule has 3 aromatic heterocycles. The van der Waals surface area contributed by atoms with Crippen molar-refractivity contribution in [3.8, 4) is 10.4 Å². The Morgan fingerprint density at radius 3 is 2.79 bits per heavy atom. The predicted molar refractivity (Wildman–Crippen MR) is 115 cm³/mol.